The smallest absolute Gasteiger partial charge is 0.285 e. The van der Waals surface area contributed by atoms with E-state index in [2.05, 4.69) is 0 Å². The molecule has 2 bridgehead atoms. The topological polar surface area (TPSA) is 40.6 Å². The van der Waals surface area contributed by atoms with Gasteiger partial charge in [0.05, 0.1) is 11.3 Å². The van der Waals surface area contributed by atoms with E-state index in [1.54, 1.807) is 0 Å². The van der Waals surface area contributed by atoms with Gasteiger partial charge in [-0.1, -0.05) is 6.07 Å². The van der Waals surface area contributed by atoms with Crippen molar-refractivity contribution in [3.63, 3.8) is 0 Å². The Kier molecular flexibility index (Phi) is 2.50. The number of urea groups is 1. The van der Waals surface area contributed by atoms with Crippen LogP contribution in [0.4, 0.5) is 23.7 Å². The van der Waals surface area contributed by atoms with Crippen LogP contribution >= 0.6 is 0 Å². The summed E-state index contributed by atoms with van der Waals surface area (Å²) in [7, 11) is 0. The summed E-state index contributed by atoms with van der Waals surface area (Å²) >= 11 is 0. The summed E-state index contributed by atoms with van der Waals surface area (Å²) in [4.78, 5) is 27.2. The Balaban J connectivity index is 1.77. The molecule has 22 heavy (non-hydrogen) atoms. The predicted molar refractivity (Wildman–Crippen MR) is 70.8 cm³/mol. The fourth-order valence-corrected chi connectivity index (χ4v) is 3.47. The summed E-state index contributed by atoms with van der Waals surface area (Å²) in [6, 6.07) is 3.75. The van der Waals surface area contributed by atoms with E-state index < -0.39 is 23.7 Å². The zero-order valence-corrected chi connectivity index (χ0v) is 11.4. The average Bonchev–Trinajstić information content (AvgIpc) is 3.12. The molecule has 1 saturated heterocycles. The number of rotatable bonds is 1. The van der Waals surface area contributed by atoms with E-state index in [1.807, 2.05) is 0 Å². The minimum Gasteiger partial charge on any atom is -0.285 e. The minimum absolute atomic E-state index is 0.0164. The number of hydrogen-bond acceptors (Lipinski definition) is 2. The molecule has 1 unspecified atom stereocenters. The summed E-state index contributed by atoms with van der Waals surface area (Å²) in [5.41, 5.74) is 0.404. The number of carbonyl (C=O) groups is 2. The van der Waals surface area contributed by atoms with Gasteiger partial charge in [0.15, 0.2) is 0 Å². The number of imide groups is 1. The zero-order chi connectivity index (χ0) is 15.6. The number of anilines is 1. The van der Waals surface area contributed by atoms with Gasteiger partial charge in [-0.15, -0.1) is 0 Å². The first-order valence-electron chi connectivity index (χ1n) is 6.95. The number of hydrogen-bond donors (Lipinski definition) is 0. The third-order valence-electron chi connectivity index (χ3n) is 4.44. The van der Waals surface area contributed by atoms with Crippen molar-refractivity contribution in [3.05, 3.63) is 41.1 Å². The Morgan fingerprint density at radius 3 is 2.64 bits per heavy atom. The van der Waals surface area contributed by atoms with Gasteiger partial charge in [0, 0.05) is 6.04 Å². The van der Waals surface area contributed by atoms with Crippen LogP contribution in [0.1, 0.15) is 24.8 Å². The Labute approximate surface area is 123 Å². The van der Waals surface area contributed by atoms with Crippen LogP contribution in [0, 0.1) is 0 Å². The molecule has 1 atom stereocenters. The Bertz CT molecular complexity index is 739. The third-order valence-corrected chi connectivity index (χ3v) is 4.44. The van der Waals surface area contributed by atoms with Crippen molar-refractivity contribution in [2.45, 2.75) is 31.5 Å². The van der Waals surface area contributed by atoms with Gasteiger partial charge in [-0.3, -0.25) is 9.69 Å². The molecule has 4 nitrogen and oxygen atoms in total. The molecule has 2 heterocycles. The van der Waals surface area contributed by atoms with Crippen LogP contribution in [0.2, 0.25) is 0 Å². The highest BCUT2D eigenvalue weighted by atomic mass is 19.4. The van der Waals surface area contributed by atoms with Gasteiger partial charge in [-0.25, -0.2) is 9.69 Å². The van der Waals surface area contributed by atoms with E-state index in [0.717, 1.165) is 35.4 Å². The van der Waals surface area contributed by atoms with Crippen molar-refractivity contribution < 1.29 is 22.8 Å². The number of nitrogens with zero attached hydrogens (tertiary/aromatic N) is 2. The maximum Gasteiger partial charge on any atom is 0.416 e. The Morgan fingerprint density at radius 1 is 1.18 bits per heavy atom. The van der Waals surface area contributed by atoms with Crippen LogP contribution in [0.3, 0.4) is 0 Å². The molecular weight excluding hydrogens is 297 g/mol. The summed E-state index contributed by atoms with van der Waals surface area (Å²) in [5.74, 6) is -0.512. The van der Waals surface area contributed by atoms with Gasteiger partial charge in [-0.05, 0) is 43.0 Å². The Hall–Kier alpha value is -2.31. The molecule has 1 aromatic carbocycles. The highest BCUT2D eigenvalue weighted by Crippen LogP contribution is 2.46. The standard InChI is InChI=1S/C15H11F3N2O2/c16-15(17,18)9-2-1-3-10(7-9)20-13(21)12-8-4-5-11(6-8)19(12)14(20)22/h1-3,7,11H,4-6H2. The molecule has 3 amide bonds. The highest BCUT2D eigenvalue weighted by Gasteiger charge is 2.52. The maximum atomic E-state index is 12.8. The SMILES string of the molecule is O=C1C2=C3CCC(C3)N2C(=O)N1c1cccc(C(F)(F)F)c1. The molecule has 2 aliphatic heterocycles. The van der Waals surface area contributed by atoms with Crippen LogP contribution in [-0.4, -0.2) is 22.9 Å². The molecule has 1 saturated carbocycles. The van der Waals surface area contributed by atoms with Crippen molar-refractivity contribution >= 4 is 17.6 Å². The van der Waals surface area contributed by atoms with E-state index >= 15 is 0 Å². The van der Waals surface area contributed by atoms with Crippen LogP contribution in [0.15, 0.2) is 35.5 Å². The Morgan fingerprint density at radius 2 is 1.95 bits per heavy atom. The van der Waals surface area contributed by atoms with Crippen molar-refractivity contribution in [1.82, 2.24) is 4.90 Å². The highest BCUT2D eigenvalue weighted by molar-refractivity contribution is 6.27. The summed E-state index contributed by atoms with van der Waals surface area (Å²) in [6.07, 6.45) is -2.21. The normalized spacial score (nSPS) is 23.9. The van der Waals surface area contributed by atoms with Gasteiger partial charge in [0.1, 0.15) is 5.70 Å². The third kappa shape index (κ3) is 1.65. The molecule has 4 rings (SSSR count). The van der Waals surface area contributed by atoms with E-state index in [-0.39, 0.29) is 11.7 Å². The molecule has 114 valence electrons. The number of halogens is 3. The molecule has 0 aromatic heterocycles. The quantitative estimate of drug-likeness (QED) is 0.747. The fourth-order valence-electron chi connectivity index (χ4n) is 3.47. The number of carbonyl (C=O) groups excluding carboxylic acids is 2. The van der Waals surface area contributed by atoms with Crippen LogP contribution in [-0.2, 0) is 11.0 Å². The molecule has 1 aromatic rings. The summed E-state index contributed by atoms with van der Waals surface area (Å²) in [6.45, 7) is 0. The number of fused-ring (bicyclic) bond motifs is 4. The first kappa shape index (κ1) is 13.4. The average molecular weight is 308 g/mol. The first-order valence-corrected chi connectivity index (χ1v) is 6.95. The molecule has 7 heteroatoms. The fraction of sp³-hybridized carbons (Fsp3) is 0.333. The molecular formula is C15H11F3N2O2. The molecule has 2 fully saturated rings. The van der Waals surface area contributed by atoms with Crippen LogP contribution < -0.4 is 4.90 Å². The van der Waals surface area contributed by atoms with Crippen molar-refractivity contribution in [1.29, 1.82) is 0 Å². The van der Waals surface area contributed by atoms with Crippen molar-refractivity contribution in [2.75, 3.05) is 4.90 Å². The monoisotopic (exact) mass is 308 g/mol. The lowest BCUT2D eigenvalue weighted by atomic mass is 10.1. The molecule has 0 spiro atoms. The van der Waals surface area contributed by atoms with Gasteiger partial charge in [0.2, 0.25) is 0 Å². The van der Waals surface area contributed by atoms with Crippen LogP contribution in [0.25, 0.3) is 0 Å². The predicted octanol–water partition coefficient (Wildman–Crippen LogP) is 3.29. The van der Waals surface area contributed by atoms with Crippen molar-refractivity contribution in [3.8, 4) is 0 Å². The number of benzene rings is 1. The number of amides is 3. The van der Waals surface area contributed by atoms with E-state index in [0.29, 0.717) is 12.1 Å². The lowest BCUT2D eigenvalue weighted by Crippen LogP contribution is -2.37. The lowest BCUT2D eigenvalue weighted by Gasteiger charge is -2.21. The van der Waals surface area contributed by atoms with Gasteiger partial charge < -0.3 is 0 Å². The zero-order valence-electron chi connectivity index (χ0n) is 11.4. The summed E-state index contributed by atoms with van der Waals surface area (Å²) in [5, 5.41) is 0. The molecule has 0 radical (unpaired) electrons. The minimum atomic E-state index is -4.51. The molecule has 0 N–H and O–H groups in total. The van der Waals surface area contributed by atoms with E-state index in [9.17, 15) is 22.8 Å². The molecule has 1 aliphatic carbocycles. The largest absolute Gasteiger partial charge is 0.416 e. The van der Waals surface area contributed by atoms with Gasteiger partial charge in [-0.2, -0.15) is 13.2 Å². The van der Waals surface area contributed by atoms with Gasteiger partial charge in [0.25, 0.3) is 5.91 Å². The van der Waals surface area contributed by atoms with Crippen molar-refractivity contribution in [2.24, 2.45) is 0 Å². The number of alkyl halides is 3. The maximum absolute atomic E-state index is 12.8. The van der Waals surface area contributed by atoms with Gasteiger partial charge >= 0.3 is 12.2 Å². The second-order valence-electron chi connectivity index (χ2n) is 5.69. The first-order chi connectivity index (χ1) is 10.4. The van der Waals surface area contributed by atoms with E-state index in [1.165, 1.54) is 17.0 Å². The second-order valence-corrected chi connectivity index (χ2v) is 5.69. The lowest BCUT2D eigenvalue weighted by molar-refractivity contribution is -0.137. The van der Waals surface area contributed by atoms with Crippen LogP contribution in [0.5, 0.6) is 0 Å². The van der Waals surface area contributed by atoms with E-state index in [4.69, 9.17) is 0 Å². The molecule has 3 aliphatic rings. The second kappa shape index (κ2) is 4.12. The summed E-state index contributed by atoms with van der Waals surface area (Å²) < 4.78 is 38.4.